The van der Waals surface area contributed by atoms with E-state index < -0.39 is 0 Å². The largest absolute Gasteiger partial charge is 0.316 e. The first-order valence-corrected chi connectivity index (χ1v) is 6.82. The maximum atomic E-state index is 4.55. The fourth-order valence-electron chi connectivity index (χ4n) is 2.35. The van der Waals surface area contributed by atoms with Crippen LogP contribution in [0.15, 0.2) is 4.47 Å². The molecule has 0 spiro atoms. The van der Waals surface area contributed by atoms with Gasteiger partial charge in [-0.05, 0) is 35.2 Å². The lowest BCUT2D eigenvalue weighted by Crippen LogP contribution is -2.54. The van der Waals surface area contributed by atoms with Gasteiger partial charge in [0.2, 0.25) is 0 Å². The first-order valence-electron chi connectivity index (χ1n) is 6.03. The number of nitrogens with zero attached hydrogens (tertiary/aromatic N) is 2. The van der Waals surface area contributed by atoms with E-state index in [9.17, 15) is 0 Å². The summed E-state index contributed by atoms with van der Waals surface area (Å²) < 4.78 is 3.26. The van der Waals surface area contributed by atoms with Crippen molar-refractivity contribution in [3.8, 4) is 0 Å². The van der Waals surface area contributed by atoms with E-state index in [4.69, 9.17) is 0 Å². The van der Waals surface area contributed by atoms with Crippen molar-refractivity contribution in [1.82, 2.24) is 15.1 Å². The van der Waals surface area contributed by atoms with Gasteiger partial charge < -0.3 is 5.32 Å². The molecule has 2 rings (SSSR count). The molecule has 1 saturated heterocycles. The highest BCUT2D eigenvalue weighted by Crippen LogP contribution is 2.34. The van der Waals surface area contributed by atoms with E-state index in [1.807, 2.05) is 4.68 Å². The van der Waals surface area contributed by atoms with Crippen molar-refractivity contribution in [1.29, 1.82) is 0 Å². The average Bonchev–Trinajstić information content (AvgIpc) is 2.49. The molecule has 4 heteroatoms. The van der Waals surface area contributed by atoms with Gasteiger partial charge in [0.1, 0.15) is 0 Å². The van der Waals surface area contributed by atoms with Gasteiger partial charge in [-0.1, -0.05) is 13.8 Å². The lowest BCUT2D eigenvalue weighted by atomic mass is 9.75. The molecule has 0 radical (unpaired) electrons. The zero-order chi connectivity index (χ0) is 11.8. The summed E-state index contributed by atoms with van der Waals surface area (Å²) in [5.41, 5.74) is 2.98. The Labute approximate surface area is 106 Å². The van der Waals surface area contributed by atoms with Crippen LogP contribution in [0.5, 0.6) is 0 Å². The number of nitrogens with one attached hydrogen (secondary N) is 1. The molecule has 1 aliphatic heterocycles. The van der Waals surface area contributed by atoms with Crippen LogP contribution in [0.2, 0.25) is 0 Å². The minimum Gasteiger partial charge on any atom is -0.316 e. The van der Waals surface area contributed by atoms with Crippen LogP contribution in [0, 0.1) is 5.41 Å². The molecular weight excluding hydrogens is 266 g/mol. The molecule has 2 heterocycles. The summed E-state index contributed by atoms with van der Waals surface area (Å²) in [6.07, 6.45) is 3.35. The highest BCUT2D eigenvalue weighted by atomic mass is 79.9. The third-order valence-corrected chi connectivity index (χ3v) is 4.71. The van der Waals surface area contributed by atoms with E-state index in [1.54, 1.807) is 0 Å². The number of hydrogen-bond donors (Lipinski definition) is 1. The van der Waals surface area contributed by atoms with Crippen molar-refractivity contribution < 1.29 is 0 Å². The van der Waals surface area contributed by atoms with Crippen LogP contribution in [-0.2, 0) is 19.9 Å². The number of halogens is 1. The smallest absolute Gasteiger partial charge is 0.0766 e. The molecule has 0 unspecified atom stereocenters. The number of aromatic nitrogens is 2. The van der Waals surface area contributed by atoms with Gasteiger partial charge in [0, 0.05) is 25.6 Å². The highest BCUT2D eigenvalue weighted by Gasteiger charge is 2.36. The molecule has 0 saturated carbocycles. The molecule has 0 bridgehead atoms. The van der Waals surface area contributed by atoms with Gasteiger partial charge in [-0.15, -0.1) is 0 Å². The van der Waals surface area contributed by atoms with Crippen molar-refractivity contribution in [3.63, 3.8) is 0 Å². The second kappa shape index (κ2) is 4.49. The van der Waals surface area contributed by atoms with Crippen molar-refractivity contribution >= 4 is 15.9 Å². The molecule has 1 N–H and O–H groups in total. The van der Waals surface area contributed by atoms with Gasteiger partial charge in [-0.3, -0.25) is 4.68 Å². The Kier molecular flexibility index (Phi) is 3.40. The van der Waals surface area contributed by atoms with Crippen molar-refractivity contribution in [2.24, 2.45) is 12.5 Å². The Morgan fingerprint density at radius 3 is 2.50 bits per heavy atom. The molecule has 1 aliphatic rings. The van der Waals surface area contributed by atoms with E-state index in [2.05, 4.69) is 47.2 Å². The summed E-state index contributed by atoms with van der Waals surface area (Å²) in [6, 6.07) is 0. The van der Waals surface area contributed by atoms with Crippen LogP contribution >= 0.6 is 15.9 Å². The van der Waals surface area contributed by atoms with Crippen LogP contribution < -0.4 is 5.32 Å². The Bertz CT molecular complexity index is 374. The molecule has 0 aromatic carbocycles. The van der Waals surface area contributed by atoms with Crippen LogP contribution in [0.3, 0.4) is 0 Å². The standard InChI is InChI=1S/C12H20BrN3/c1-4-9-11(13)10(16(3)15-9)6-12(5-2)7-14-8-12/h14H,4-8H2,1-3H3. The predicted octanol–water partition coefficient (Wildman–Crippen LogP) is 2.29. The topological polar surface area (TPSA) is 29.9 Å². The number of rotatable bonds is 4. The SMILES string of the molecule is CCc1nn(C)c(CC2(CC)CNC2)c1Br. The lowest BCUT2D eigenvalue weighted by Gasteiger charge is -2.42. The molecule has 1 aromatic rings. The van der Waals surface area contributed by atoms with E-state index in [-0.39, 0.29) is 0 Å². The third-order valence-electron chi connectivity index (χ3n) is 3.80. The first kappa shape index (κ1) is 12.1. The molecule has 3 nitrogen and oxygen atoms in total. The summed E-state index contributed by atoms with van der Waals surface area (Å²) in [6.45, 7) is 6.72. The molecule has 90 valence electrons. The maximum Gasteiger partial charge on any atom is 0.0766 e. The average molecular weight is 286 g/mol. The Morgan fingerprint density at radius 1 is 1.44 bits per heavy atom. The summed E-state index contributed by atoms with van der Waals surface area (Å²) in [5, 5.41) is 7.94. The second-order valence-corrected chi connectivity index (χ2v) is 5.61. The molecule has 0 aliphatic carbocycles. The Balaban J connectivity index is 2.23. The van der Waals surface area contributed by atoms with E-state index >= 15 is 0 Å². The number of hydrogen-bond acceptors (Lipinski definition) is 2. The third kappa shape index (κ3) is 1.93. The summed E-state index contributed by atoms with van der Waals surface area (Å²) >= 11 is 3.69. The van der Waals surface area contributed by atoms with E-state index in [0.717, 1.165) is 25.9 Å². The van der Waals surface area contributed by atoms with Gasteiger partial charge in [0.15, 0.2) is 0 Å². The Hall–Kier alpha value is -0.350. The maximum absolute atomic E-state index is 4.55. The quantitative estimate of drug-likeness (QED) is 0.920. The van der Waals surface area contributed by atoms with Crippen LogP contribution in [0.1, 0.15) is 31.7 Å². The molecule has 0 amide bonds. The summed E-state index contributed by atoms with van der Waals surface area (Å²) in [5.74, 6) is 0. The molecular formula is C12H20BrN3. The van der Waals surface area contributed by atoms with Crippen molar-refractivity contribution in [2.45, 2.75) is 33.1 Å². The molecule has 1 fully saturated rings. The molecule has 1 aromatic heterocycles. The van der Waals surface area contributed by atoms with E-state index in [0.29, 0.717) is 5.41 Å². The molecule has 0 atom stereocenters. The second-order valence-electron chi connectivity index (χ2n) is 4.82. The molecule has 16 heavy (non-hydrogen) atoms. The van der Waals surface area contributed by atoms with Crippen LogP contribution in [0.25, 0.3) is 0 Å². The first-order chi connectivity index (χ1) is 7.62. The zero-order valence-electron chi connectivity index (χ0n) is 10.3. The fourth-order valence-corrected chi connectivity index (χ4v) is 3.10. The minimum absolute atomic E-state index is 0.460. The van der Waals surface area contributed by atoms with Crippen LogP contribution in [-0.4, -0.2) is 22.9 Å². The lowest BCUT2D eigenvalue weighted by molar-refractivity contribution is 0.156. The van der Waals surface area contributed by atoms with Gasteiger partial charge in [-0.25, -0.2) is 0 Å². The summed E-state index contributed by atoms with van der Waals surface area (Å²) in [4.78, 5) is 0. The van der Waals surface area contributed by atoms with Crippen LogP contribution in [0.4, 0.5) is 0 Å². The predicted molar refractivity (Wildman–Crippen MR) is 69.6 cm³/mol. The fraction of sp³-hybridized carbons (Fsp3) is 0.750. The number of aryl methyl sites for hydroxylation is 2. The van der Waals surface area contributed by atoms with Gasteiger partial charge in [0.25, 0.3) is 0 Å². The zero-order valence-corrected chi connectivity index (χ0v) is 11.9. The Morgan fingerprint density at radius 2 is 2.12 bits per heavy atom. The monoisotopic (exact) mass is 285 g/mol. The normalized spacial score (nSPS) is 18.5. The van der Waals surface area contributed by atoms with Gasteiger partial charge >= 0.3 is 0 Å². The summed E-state index contributed by atoms with van der Waals surface area (Å²) in [7, 11) is 2.05. The van der Waals surface area contributed by atoms with Gasteiger partial charge in [0.05, 0.1) is 15.9 Å². The van der Waals surface area contributed by atoms with Crippen molar-refractivity contribution in [3.05, 3.63) is 15.9 Å². The minimum atomic E-state index is 0.460. The van der Waals surface area contributed by atoms with E-state index in [1.165, 1.54) is 22.3 Å². The van der Waals surface area contributed by atoms with Gasteiger partial charge in [-0.2, -0.15) is 5.10 Å². The highest BCUT2D eigenvalue weighted by molar-refractivity contribution is 9.10. The van der Waals surface area contributed by atoms with Crippen molar-refractivity contribution in [2.75, 3.05) is 13.1 Å².